The average Bonchev–Trinajstić information content (AvgIpc) is 2.30. The third-order valence-corrected chi connectivity index (χ3v) is 1.58. The quantitative estimate of drug-likeness (QED) is 0.684. The topological polar surface area (TPSA) is 44.8 Å². The first kappa shape index (κ1) is 9.03. The lowest BCUT2D eigenvalue weighted by Gasteiger charge is -2.13. The van der Waals surface area contributed by atoms with E-state index in [0.29, 0.717) is 0 Å². The molecule has 0 aliphatic carbocycles. The number of aromatic amines is 1. The fraction of sp³-hybridized carbons (Fsp3) is 0.750. The number of hydrogen-bond donors (Lipinski definition) is 1. The maximum Gasteiger partial charge on any atom is 0.244 e. The summed E-state index contributed by atoms with van der Waals surface area (Å²) in [5.41, 5.74) is 0.0429. The number of nitrogens with zero attached hydrogens (tertiary/aromatic N) is 3. The van der Waals surface area contributed by atoms with Gasteiger partial charge in [0.1, 0.15) is 5.82 Å². The molecule has 0 aliphatic heterocycles. The average molecular weight is 168 g/mol. The van der Waals surface area contributed by atoms with Crippen LogP contribution in [0.5, 0.6) is 0 Å². The lowest BCUT2D eigenvalue weighted by atomic mass is 9.96. The summed E-state index contributed by atoms with van der Waals surface area (Å²) in [6, 6.07) is 0. The Morgan fingerprint density at radius 1 is 1.25 bits per heavy atom. The Morgan fingerprint density at radius 2 is 1.83 bits per heavy atom. The molecule has 68 valence electrons. The third-order valence-electron chi connectivity index (χ3n) is 1.58. The number of anilines is 1. The van der Waals surface area contributed by atoms with Crippen LogP contribution >= 0.6 is 0 Å². The van der Waals surface area contributed by atoms with E-state index in [2.05, 4.69) is 36.0 Å². The molecule has 0 aliphatic rings. The lowest BCUT2D eigenvalue weighted by molar-refractivity contribution is 0.548. The highest BCUT2D eigenvalue weighted by Crippen LogP contribution is 2.18. The van der Waals surface area contributed by atoms with Crippen LogP contribution in [0.2, 0.25) is 0 Å². The van der Waals surface area contributed by atoms with Gasteiger partial charge < -0.3 is 4.90 Å². The van der Waals surface area contributed by atoms with E-state index in [1.165, 1.54) is 0 Å². The van der Waals surface area contributed by atoms with E-state index in [1.54, 1.807) is 0 Å². The van der Waals surface area contributed by atoms with Crippen molar-refractivity contribution < 1.29 is 0 Å². The highest BCUT2D eigenvalue weighted by molar-refractivity contribution is 5.26. The molecule has 0 radical (unpaired) electrons. The minimum atomic E-state index is 0.0429. The van der Waals surface area contributed by atoms with Gasteiger partial charge in [0.25, 0.3) is 0 Å². The number of aromatic nitrogens is 3. The van der Waals surface area contributed by atoms with Crippen LogP contribution in [0.25, 0.3) is 0 Å². The fourth-order valence-electron chi connectivity index (χ4n) is 0.788. The number of H-pyrrole nitrogens is 1. The predicted molar refractivity (Wildman–Crippen MR) is 49.4 cm³/mol. The van der Waals surface area contributed by atoms with E-state index in [4.69, 9.17) is 0 Å². The molecule has 1 heterocycles. The van der Waals surface area contributed by atoms with Crippen LogP contribution in [-0.2, 0) is 5.41 Å². The SMILES string of the molecule is CN(C)c1n[nH]c(C(C)(C)C)n1. The Bertz CT molecular complexity index is 256. The number of nitrogens with one attached hydrogen (secondary N) is 1. The molecule has 0 atom stereocenters. The first-order chi connectivity index (χ1) is 5.41. The van der Waals surface area contributed by atoms with Crippen LogP contribution in [0.1, 0.15) is 26.6 Å². The summed E-state index contributed by atoms with van der Waals surface area (Å²) in [5, 5.41) is 7.00. The van der Waals surface area contributed by atoms with E-state index in [-0.39, 0.29) is 5.41 Å². The predicted octanol–water partition coefficient (Wildman–Crippen LogP) is 1.17. The smallest absolute Gasteiger partial charge is 0.244 e. The monoisotopic (exact) mass is 168 g/mol. The molecule has 1 N–H and O–H groups in total. The van der Waals surface area contributed by atoms with Crippen LogP contribution in [0.15, 0.2) is 0 Å². The van der Waals surface area contributed by atoms with Gasteiger partial charge in [-0.05, 0) is 0 Å². The number of hydrogen-bond acceptors (Lipinski definition) is 3. The van der Waals surface area contributed by atoms with Crippen LogP contribution in [0.3, 0.4) is 0 Å². The maximum absolute atomic E-state index is 4.34. The minimum Gasteiger partial charge on any atom is -0.346 e. The largest absolute Gasteiger partial charge is 0.346 e. The zero-order valence-electron chi connectivity index (χ0n) is 8.34. The van der Waals surface area contributed by atoms with Gasteiger partial charge in [0.15, 0.2) is 0 Å². The zero-order valence-corrected chi connectivity index (χ0v) is 8.34. The molecule has 0 bridgehead atoms. The molecular weight excluding hydrogens is 152 g/mol. The van der Waals surface area contributed by atoms with Crippen molar-refractivity contribution in [1.82, 2.24) is 15.2 Å². The second kappa shape index (κ2) is 2.77. The van der Waals surface area contributed by atoms with Gasteiger partial charge in [-0.2, -0.15) is 4.98 Å². The minimum absolute atomic E-state index is 0.0429. The lowest BCUT2D eigenvalue weighted by Crippen LogP contribution is -2.14. The maximum atomic E-state index is 4.34. The standard InChI is InChI=1S/C8H16N4/c1-8(2,3)6-9-7(11-10-6)12(4)5/h1-5H3,(H,9,10,11). The number of rotatable bonds is 1. The molecule has 0 fully saturated rings. The fourth-order valence-corrected chi connectivity index (χ4v) is 0.788. The first-order valence-corrected chi connectivity index (χ1v) is 4.01. The Kier molecular flexibility index (Phi) is 2.08. The Hall–Kier alpha value is -1.06. The molecule has 0 aromatic carbocycles. The van der Waals surface area contributed by atoms with Crippen molar-refractivity contribution in [3.05, 3.63) is 5.82 Å². The van der Waals surface area contributed by atoms with Crippen molar-refractivity contribution in [1.29, 1.82) is 0 Å². The summed E-state index contributed by atoms with van der Waals surface area (Å²) in [6.45, 7) is 6.31. The molecule has 4 nitrogen and oxygen atoms in total. The van der Waals surface area contributed by atoms with Crippen LogP contribution in [-0.4, -0.2) is 29.3 Å². The zero-order chi connectivity index (χ0) is 9.35. The van der Waals surface area contributed by atoms with Gasteiger partial charge in [-0.1, -0.05) is 20.8 Å². The van der Waals surface area contributed by atoms with Gasteiger partial charge in [-0.25, -0.2) is 0 Å². The van der Waals surface area contributed by atoms with Crippen molar-refractivity contribution >= 4 is 5.95 Å². The van der Waals surface area contributed by atoms with E-state index in [0.717, 1.165) is 11.8 Å². The molecular formula is C8H16N4. The molecule has 0 saturated heterocycles. The first-order valence-electron chi connectivity index (χ1n) is 4.01. The molecule has 4 heteroatoms. The van der Waals surface area contributed by atoms with Gasteiger partial charge in [0, 0.05) is 19.5 Å². The second-order valence-corrected chi connectivity index (χ2v) is 4.13. The summed E-state index contributed by atoms with van der Waals surface area (Å²) < 4.78 is 0. The van der Waals surface area contributed by atoms with E-state index in [9.17, 15) is 0 Å². The highest BCUT2D eigenvalue weighted by Gasteiger charge is 2.18. The summed E-state index contributed by atoms with van der Waals surface area (Å²) in [6.07, 6.45) is 0. The van der Waals surface area contributed by atoms with Crippen LogP contribution in [0, 0.1) is 0 Å². The van der Waals surface area contributed by atoms with Crippen molar-refractivity contribution in [2.75, 3.05) is 19.0 Å². The van der Waals surface area contributed by atoms with Crippen molar-refractivity contribution in [2.24, 2.45) is 0 Å². The van der Waals surface area contributed by atoms with Crippen molar-refractivity contribution in [3.8, 4) is 0 Å². The summed E-state index contributed by atoms with van der Waals surface area (Å²) >= 11 is 0. The van der Waals surface area contributed by atoms with Crippen LogP contribution in [0.4, 0.5) is 5.95 Å². The summed E-state index contributed by atoms with van der Waals surface area (Å²) in [4.78, 5) is 6.22. The van der Waals surface area contributed by atoms with Gasteiger partial charge >= 0.3 is 0 Å². The molecule has 12 heavy (non-hydrogen) atoms. The molecule has 1 aromatic rings. The van der Waals surface area contributed by atoms with Crippen LogP contribution < -0.4 is 4.90 Å². The summed E-state index contributed by atoms with van der Waals surface area (Å²) in [5.74, 6) is 1.66. The van der Waals surface area contributed by atoms with E-state index >= 15 is 0 Å². The highest BCUT2D eigenvalue weighted by atomic mass is 15.3. The molecule has 1 rings (SSSR count). The van der Waals surface area contributed by atoms with Gasteiger partial charge in [0.2, 0.25) is 5.95 Å². The molecule has 0 saturated carbocycles. The van der Waals surface area contributed by atoms with E-state index < -0.39 is 0 Å². The summed E-state index contributed by atoms with van der Waals surface area (Å²) in [7, 11) is 3.85. The molecule has 1 aromatic heterocycles. The van der Waals surface area contributed by atoms with E-state index in [1.807, 2.05) is 19.0 Å². The Labute approximate surface area is 73.0 Å². The molecule has 0 spiro atoms. The second-order valence-electron chi connectivity index (χ2n) is 4.13. The Balaban J connectivity index is 2.92. The van der Waals surface area contributed by atoms with Crippen molar-refractivity contribution in [3.63, 3.8) is 0 Å². The Morgan fingerprint density at radius 3 is 2.08 bits per heavy atom. The third kappa shape index (κ3) is 1.75. The molecule has 0 amide bonds. The van der Waals surface area contributed by atoms with Gasteiger partial charge in [0.05, 0.1) is 0 Å². The van der Waals surface area contributed by atoms with Gasteiger partial charge in [-0.15, -0.1) is 5.10 Å². The normalized spacial score (nSPS) is 11.8. The van der Waals surface area contributed by atoms with Gasteiger partial charge in [-0.3, -0.25) is 5.10 Å². The van der Waals surface area contributed by atoms with Crippen molar-refractivity contribution in [2.45, 2.75) is 26.2 Å². The molecule has 0 unspecified atom stereocenters.